The van der Waals surface area contributed by atoms with Gasteiger partial charge in [-0.3, -0.25) is 4.90 Å². The standard InChI is InChI=1S/C11H20N2/c1-12-9-6-11(10-12)13-7-4-2-3-5-8-13/h2-3,11H,4-10H2,1H3. The van der Waals surface area contributed by atoms with E-state index in [-0.39, 0.29) is 0 Å². The molecule has 0 aliphatic carbocycles. The van der Waals surface area contributed by atoms with Gasteiger partial charge in [-0.05, 0) is 32.9 Å². The molecule has 2 rings (SSSR count). The van der Waals surface area contributed by atoms with Gasteiger partial charge >= 0.3 is 0 Å². The van der Waals surface area contributed by atoms with E-state index < -0.39 is 0 Å². The summed E-state index contributed by atoms with van der Waals surface area (Å²) >= 11 is 0. The van der Waals surface area contributed by atoms with Gasteiger partial charge in [0.15, 0.2) is 0 Å². The van der Waals surface area contributed by atoms with Crippen LogP contribution in [0.3, 0.4) is 0 Å². The highest BCUT2D eigenvalue weighted by Gasteiger charge is 2.24. The van der Waals surface area contributed by atoms with Gasteiger partial charge in [-0.2, -0.15) is 0 Å². The Hall–Kier alpha value is -0.340. The molecule has 0 aromatic heterocycles. The molecular formula is C11H20N2. The first-order valence-electron chi connectivity index (χ1n) is 5.44. The lowest BCUT2D eigenvalue weighted by molar-refractivity contribution is 0.208. The van der Waals surface area contributed by atoms with Crippen molar-refractivity contribution in [2.75, 3.05) is 33.2 Å². The summed E-state index contributed by atoms with van der Waals surface area (Å²) in [5.74, 6) is 0. The second-order valence-corrected chi connectivity index (χ2v) is 4.29. The molecule has 0 aromatic carbocycles. The van der Waals surface area contributed by atoms with Crippen molar-refractivity contribution >= 4 is 0 Å². The number of rotatable bonds is 1. The lowest BCUT2D eigenvalue weighted by Crippen LogP contribution is -2.37. The summed E-state index contributed by atoms with van der Waals surface area (Å²) < 4.78 is 0. The summed E-state index contributed by atoms with van der Waals surface area (Å²) in [4.78, 5) is 5.12. The zero-order valence-corrected chi connectivity index (χ0v) is 8.58. The Morgan fingerprint density at radius 1 is 1.08 bits per heavy atom. The molecule has 1 fully saturated rings. The first-order valence-corrected chi connectivity index (χ1v) is 5.44. The molecular weight excluding hydrogens is 160 g/mol. The van der Waals surface area contributed by atoms with Crippen molar-refractivity contribution in [1.29, 1.82) is 0 Å². The average molecular weight is 180 g/mol. The van der Waals surface area contributed by atoms with E-state index in [0.717, 1.165) is 6.04 Å². The highest BCUT2D eigenvalue weighted by Crippen LogP contribution is 2.16. The smallest absolute Gasteiger partial charge is 0.0235 e. The Morgan fingerprint density at radius 3 is 2.31 bits per heavy atom. The third-order valence-corrected chi connectivity index (χ3v) is 3.22. The van der Waals surface area contributed by atoms with E-state index in [0.29, 0.717) is 0 Å². The van der Waals surface area contributed by atoms with Crippen LogP contribution in [0.2, 0.25) is 0 Å². The highest BCUT2D eigenvalue weighted by molar-refractivity contribution is 4.91. The molecule has 2 heteroatoms. The molecule has 0 saturated carbocycles. The van der Waals surface area contributed by atoms with Gasteiger partial charge < -0.3 is 4.90 Å². The van der Waals surface area contributed by atoms with Crippen molar-refractivity contribution in [3.8, 4) is 0 Å². The van der Waals surface area contributed by atoms with Gasteiger partial charge in [0.05, 0.1) is 0 Å². The maximum Gasteiger partial charge on any atom is 0.0235 e. The largest absolute Gasteiger partial charge is 0.305 e. The number of likely N-dealkylation sites (N-methyl/N-ethyl adjacent to an activating group) is 1. The lowest BCUT2D eigenvalue weighted by atomic mass is 10.2. The normalized spacial score (nSPS) is 32.2. The van der Waals surface area contributed by atoms with Crippen LogP contribution >= 0.6 is 0 Å². The molecule has 1 atom stereocenters. The van der Waals surface area contributed by atoms with Crippen molar-refractivity contribution in [2.45, 2.75) is 25.3 Å². The van der Waals surface area contributed by atoms with Gasteiger partial charge in [-0.15, -0.1) is 0 Å². The van der Waals surface area contributed by atoms with Crippen LogP contribution in [0.4, 0.5) is 0 Å². The predicted molar refractivity (Wildman–Crippen MR) is 55.8 cm³/mol. The Kier molecular flexibility index (Phi) is 3.01. The lowest BCUT2D eigenvalue weighted by Gasteiger charge is -2.26. The van der Waals surface area contributed by atoms with E-state index in [1.54, 1.807) is 0 Å². The molecule has 0 aromatic rings. The zero-order valence-electron chi connectivity index (χ0n) is 8.58. The highest BCUT2D eigenvalue weighted by atomic mass is 15.2. The van der Waals surface area contributed by atoms with Gasteiger partial charge in [-0.25, -0.2) is 0 Å². The topological polar surface area (TPSA) is 6.48 Å². The molecule has 0 radical (unpaired) electrons. The molecule has 2 aliphatic rings. The number of likely N-dealkylation sites (tertiary alicyclic amines) is 1. The average Bonchev–Trinajstić information content (AvgIpc) is 2.43. The van der Waals surface area contributed by atoms with Crippen LogP contribution in [-0.2, 0) is 0 Å². The van der Waals surface area contributed by atoms with Crippen molar-refractivity contribution in [2.24, 2.45) is 0 Å². The van der Waals surface area contributed by atoms with Crippen LogP contribution < -0.4 is 0 Å². The monoisotopic (exact) mass is 180 g/mol. The molecule has 1 unspecified atom stereocenters. The van der Waals surface area contributed by atoms with Crippen LogP contribution in [0.1, 0.15) is 19.3 Å². The molecule has 1 saturated heterocycles. The number of hydrogen-bond donors (Lipinski definition) is 0. The Balaban J connectivity index is 1.86. The molecule has 2 aliphatic heterocycles. The van der Waals surface area contributed by atoms with E-state index in [4.69, 9.17) is 0 Å². The minimum atomic E-state index is 0.838. The number of nitrogens with zero attached hydrogens (tertiary/aromatic N) is 2. The summed E-state index contributed by atoms with van der Waals surface area (Å²) in [5.41, 5.74) is 0. The minimum Gasteiger partial charge on any atom is -0.305 e. The van der Waals surface area contributed by atoms with Gasteiger partial charge in [0.1, 0.15) is 0 Å². The van der Waals surface area contributed by atoms with E-state index in [1.807, 2.05) is 0 Å². The summed E-state index contributed by atoms with van der Waals surface area (Å²) in [7, 11) is 2.23. The first-order chi connectivity index (χ1) is 6.36. The van der Waals surface area contributed by atoms with Crippen LogP contribution in [0.25, 0.3) is 0 Å². The SMILES string of the molecule is CN1CCC(N2CCC=CCC2)C1. The third kappa shape index (κ3) is 2.32. The Bertz CT molecular complexity index is 179. The van der Waals surface area contributed by atoms with E-state index in [1.165, 1.54) is 45.4 Å². The van der Waals surface area contributed by atoms with E-state index in [2.05, 4.69) is 29.0 Å². The first kappa shape index (κ1) is 9.22. The summed E-state index contributed by atoms with van der Waals surface area (Å²) in [6.45, 7) is 5.11. The molecule has 0 bridgehead atoms. The molecule has 0 amide bonds. The van der Waals surface area contributed by atoms with Crippen molar-refractivity contribution in [3.63, 3.8) is 0 Å². The fourth-order valence-electron chi connectivity index (χ4n) is 2.40. The number of hydrogen-bond acceptors (Lipinski definition) is 2. The molecule has 0 N–H and O–H groups in total. The summed E-state index contributed by atoms with van der Waals surface area (Å²) in [5, 5.41) is 0. The maximum atomic E-state index is 2.67. The fraction of sp³-hybridized carbons (Fsp3) is 0.818. The molecule has 2 heterocycles. The fourth-order valence-corrected chi connectivity index (χ4v) is 2.40. The quantitative estimate of drug-likeness (QED) is 0.562. The summed E-state index contributed by atoms with van der Waals surface area (Å²) in [6, 6.07) is 0.838. The molecule has 2 nitrogen and oxygen atoms in total. The molecule has 0 spiro atoms. The van der Waals surface area contributed by atoms with Crippen molar-refractivity contribution < 1.29 is 0 Å². The van der Waals surface area contributed by atoms with E-state index >= 15 is 0 Å². The Morgan fingerprint density at radius 2 is 1.77 bits per heavy atom. The minimum absolute atomic E-state index is 0.838. The van der Waals surface area contributed by atoms with Gasteiger partial charge in [0.2, 0.25) is 0 Å². The van der Waals surface area contributed by atoms with Crippen LogP contribution in [0.15, 0.2) is 12.2 Å². The van der Waals surface area contributed by atoms with Crippen LogP contribution in [0, 0.1) is 0 Å². The summed E-state index contributed by atoms with van der Waals surface area (Å²) in [6.07, 6.45) is 8.54. The third-order valence-electron chi connectivity index (χ3n) is 3.22. The van der Waals surface area contributed by atoms with Crippen LogP contribution in [-0.4, -0.2) is 49.1 Å². The molecule has 13 heavy (non-hydrogen) atoms. The van der Waals surface area contributed by atoms with Crippen LogP contribution in [0.5, 0.6) is 0 Å². The van der Waals surface area contributed by atoms with Gasteiger partial charge in [0, 0.05) is 25.7 Å². The molecule has 74 valence electrons. The second-order valence-electron chi connectivity index (χ2n) is 4.29. The van der Waals surface area contributed by atoms with Gasteiger partial charge in [-0.1, -0.05) is 12.2 Å². The maximum absolute atomic E-state index is 2.67. The van der Waals surface area contributed by atoms with E-state index in [9.17, 15) is 0 Å². The second kappa shape index (κ2) is 4.25. The van der Waals surface area contributed by atoms with Crippen molar-refractivity contribution in [1.82, 2.24) is 9.80 Å². The predicted octanol–water partition coefficient (Wildman–Crippen LogP) is 1.34. The Labute approximate surface area is 81.2 Å². The van der Waals surface area contributed by atoms with Gasteiger partial charge in [0.25, 0.3) is 0 Å². The zero-order chi connectivity index (χ0) is 9.10. The van der Waals surface area contributed by atoms with Crippen molar-refractivity contribution in [3.05, 3.63) is 12.2 Å².